The number of carbonyl (C=O) groups excluding carboxylic acids is 2. The fourth-order valence-electron chi connectivity index (χ4n) is 2.48. The normalized spacial score (nSPS) is 16.4. The first-order valence-electron chi connectivity index (χ1n) is 7.50. The van der Waals surface area contributed by atoms with Crippen LogP contribution in [-0.4, -0.2) is 46.7 Å². The minimum Gasteiger partial charge on any atom is -0.349 e. The Morgan fingerprint density at radius 1 is 1.32 bits per heavy atom. The number of likely N-dealkylation sites (tertiary alicyclic amines) is 1. The van der Waals surface area contributed by atoms with Crippen LogP contribution in [0.3, 0.4) is 0 Å². The van der Waals surface area contributed by atoms with Crippen LogP contribution in [0.5, 0.6) is 0 Å². The Morgan fingerprint density at radius 2 is 1.91 bits per heavy atom. The summed E-state index contributed by atoms with van der Waals surface area (Å²) >= 11 is 5.86. The van der Waals surface area contributed by atoms with Crippen molar-refractivity contribution in [2.45, 2.75) is 32.7 Å². The highest BCUT2D eigenvalue weighted by Gasteiger charge is 2.33. The van der Waals surface area contributed by atoms with Gasteiger partial charge in [-0.3, -0.25) is 14.6 Å². The summed E-state index contributed by atoms with van der Waals surface area (Å²) in [6.45, 7) is 5.03. The van der Waals surface area contributed by atoms with Crippen molar-refractivity contribution in [3.05, 3.63) is 30.1 Å². The summed E-state index contributed by atoms with van der Waals surface area (Å²) in [5.41, 5.74) is 0.0751. The average Bonchev–Trinajstić information content (AvgIpc) is 2.55. The van der Waals surface area contributed by atoms with Crippen molar-refractivity contribution < 1.29 is 9.59 Å². The van der Waals surface area contributed by atoms with E-state index in [0.29, 0.717) is 24.5 Å². The number of halogens is 1. The molecule has 0 aromatic carbocycles. The average molecular weight is 324 g/mol. The van der Waals surface area contributed by atoms with Crippen LogP contribution in [-0.2, 0) is 4.79 Å². The summed E-state index contributed by atoms with van der Waals surface area (Å²) in [5, 5.41) is 3.02. The molecule has 2 rings (SSSR count). The SMILES string of the molecule is CC(C)(CCl)C(=O)N1CCC(NC(=O)c2ccncc2)CC1. The number of amides is 2. The Bertz CT molecular complexity index is 525. The van der Waals surface area contributed by atoms with E-state index in [-0.39, 0.29) is 17.9 Å². The molecule has 0 aliphatic carbocycles. The maximum atomic E-state index is 12.3. The van der Waals surface area contributed by atoms with Crippen molar-refractivity contribution in [1.82, 2.24) is 15.2 Å². The molecule has 1 aromatic heterocycles. The maximum Gasteiger partial charge on any atom is 0.251 e. The van der Waals surface area contributed by atoms with Gasteiger partial charge in [0.25, 0.3) is 5.91 Å². The van der Waals surface area contributed by atoms with Crippen LogP contribution in [0.4, 0.5) is 0 Å². The smallest absolute Gasteiger partial charge is 0.251 e. The van der Waals surface area contributed by atoms with Crippen molar-refractivity contribution in [3.8, 4) is 0 Å². The van der Waals surface area contributed by atoms with Gasteiger partial charge >= 0.3 is 0 Å². The molecule has 0 spiro atoms. The largest absolute Gasteiger partial charge is 0.349 e. The molecular formula is C16H22ClN3O2. The molecule has 1 aromatic rings. The van der Waals surface area contributed by atoms with E-state index in [1.165, 1.54) is 0 Å². The van der Waals surface area contributed by atoms with E-state index >= 15 is 0 Å². The third kappa shape index (κ3) is 3.97. The van der Waals surface area contributed by atoms with Gasteiger partial charge in [0.15, 0.2) is 0 Å². The zero-order chi connectivity index (χ0) is 16.2. The van der Waals surface area contributed by atoms with Crippen molar-refractivity contribution >= 4 is 23.4 Å². The topological polar surface area (TPSA) is 62.3 Å². The highest BCUT2D eigenvalue weighted by atomic mass is 35.5. The van der Waals surface area contributed by atoms with E-state index < -0.39 is 5.41 Å². The van der Waals surface area contributed by atoms with Crippen LogP contribution >= 0.6 is 11.6 Å². The van der Waals surface area contributed by atoms with Crippen LogP contribution in [0, 0.1) is 5.41 Å². The number of hydrogen-bond acceptors (Lipinski definition) is 3. The summed E-state index contributed by atoms with van der Waals surface area (Å²) in [6, 6.07) is 3.48. The van der Waals surface area contributed by atoms with Gasteiger partial charge in [-0.2, -0.15) is 0 Å². The van der Waals surface area contributed by atoms with Gasteiger partial charge < -0.3 is 10.2 Å². The van der Waals surface area contributed by atoms with E-state index in [9.17, 15) is 9.59 Å². The Balaban J connectivity index is 1.85. The predicted molar refractivity (Wildman–Crippen MR) is 85.8 cm³/mol. The van der Waals surface area contributed by atoms with Gasteiger partial charge in [-0.1, -0.05) is 0 Å². The van der Waals surface area contributed by atoms with E-state index in [1.54, 1.807) is 24.5 Å². The summed E-state index contributed by atoms with van der Waals surface area (Å²) in [6.07, 6.45) is 4.73. The number of aromatic nitrogens is 1. The lowest BCUT2D eigenvalue weighted by atomic mass is 9.92. The van der Waals surface area contributed by atoms with Gasteiger partial charge in [0.05, 0.1) is 5.41 Å². The molecule has 120 valence electrons. The number of rotatable bonds is 4. The van der Waals surface area contributed by atoms with Crippen molar-refractivity contribution in [2.75, 3.05) is 19.0 Å². The standard InChI is InChI=1S/C16H22ClN3O2/c1-16(2,11-17)15(22)20-9-5-13(6-10-20)19-14(21)12-3-7-18-8-4-12/h3-4,7-8,13H,5-6,9-11H2,1-2H3,(H,19,21). The maximum absolute atomic E-state index is 12.3. The first kappa shape index (κ1) is 16.7. The highest BCUT2D eigenvalue weighted by Crippen LogP contribution is 2.23. The second-order valence-electron chi connectivity index (χ2n) is 6.29. The second kappa shape index (κ2) is 7.09. The molecule has 1 N–H and O–H groups in total. The van der Waals surface area contributed by atoms with Crippen LogP contribution in [0.15, 0.2) is 24.5 Å². The molecule has 1 fully saturated rings. The van der Waals surface area contributed by atoms with Crippen molar-refractivity contribution in [1.29, 1.82) is 0 Å². The zero-order valence-electron chi connectivity index (χ0n) is 13.0. The molecule has 2 amide bonds. The predicted octanol–water partition coefficient (Wildman–Crippen LogP) is 2.07. The second-order valence-corrected chi connectivity index (χ2v) is 6.56. The van der Waals surface area contributed by atoms with E-state index in [1.807, 2.05) is 18.7 Å². The molecule has 0 saturated carbocycles. The summed E-state index contributed by atoms with van der Waals surface area (Å²) in [7, 11) is 0. The van der Waals surface area contributed by atoms with Crippen LogP contribution < -0.4 is 5.32 Å². The van der Waals surface area contributed by atoms with Crippen LogP contribution in [0.25, 0.3) is 0 Å². The van der Waals surface area contributed by atoms with Gasteiger partial charge in [-0.15, -0.1) is 11.6 Å². The summed E-state index contributed by atoms with van der Waals surface area (Å²) in [4.78, 5) is 30.2. The molecular weight excluding hydrogens is 302 g/mol. The van der Waals surface area contributed by atoms with Crippen LogP contribution in [0.1, 0.15) is 37.0 Å². The lowest BCUT2D eigenvalue weighted by Gasteiger charge is -2.36. The lowest BCUT2D eigenvalue weighted by Crippen LogP contribution is -2.50. The van der Waals surface area contributed by atoms with Gasteiger partial charge in [0, 0.05) is 43.0 Å². The van der Waals surface area contributed by atoms with Gasteiger partial charge in [-0.05, 0) is 38.8 Å². The van der Waals surface area contributed by atoms with Crippen molar-refractivity contribution in [3.63, 3.8) is 0 Å². The van der Waals surface area contributed by atoms with Crippen molar-refractivity contribution in [2.24, 2.45) is 5.41 Å². The molecule has 0 atom stereocenters. The number of pyridine rings is 1. The molecule has 0 radical (unpaired) electrons. The summed E-state index contributed by atoms with van der Waals surface area (Å²) in [5.74, 6) is 0.305. The molecule has 22 heavy (non-hydrogen) atoms. The lowest BCUT2D eigenvalue weighted by molar-refractivity contribution is -0.140. The number of alkyl halides is 1. The Hall–Kier alpha value is -1.62. The quantitative estimate of drug-likeness (QED) is 0.863. The van der Waals surface area contributed by atoms with Gasteiger partial charge in [0.2, 0.25) is 5.91 Å². The Morgan fingerprint density at radius 3 is 2.45 bits per heavy atom. The van der Waals surface area contributed by atoms with Gasteiger partial charge in [0.1, 0.15) is 0 Å². The Kier molecular flexibility index (Phi) is 5.40. The van der Waals surface area contributed by atoms with E-state index in [2.05, 4.69) is 10.3 Å². The molecule has 5 nitrogen and oxygen atoms in total. The van der Waals surface area contributed by atoms with Gasteiger partial charge in [-0.25, -0.2) is 0 Å². The molecule has 1 aliphatic rings. The molecule has 6 heteroatoms. The van der Waals surface area contributed by atoms with E-state index in [0.717, 1.165) is 12.8 Å². The van der Waals surface area contributed by atoms with E-state index in [4.69, 9.17) is 11.6 Å². The first-order chi connectivity index (χ1) is 10.4. The fourth-order valence-corrected chi connectivity index (χ4v) is 2.60. The minimum atomic E-state index is -0.533. The molecule has 2 heterocycles. The third-order valence-electron chi connectivity index (χ3n) is 3.97. The number of nitrogens with zero attached hydrogens (tertiary/aromatic N) is 2. The van der Waals surface area contributed by atoms with Crippen LogP contribution in [0.2, 0.25) is 0 Å². The number of piperidine rings is 1. The third-order valence-corrected chi connectivity index (χ3v) is 4.64. The highest BCUT2D eigenvalue weighted by molar-refractivity contribution is 6.19. The zero-order valence-corrected chi connectivity index (χ0v) is 13.8. The summed E-state index contributed by atoms with van der Waals surface area (Å²) < 4.78 is 0. The number of hydrogen-bond donors (Lipinski definition) is 1. The molecule has 0 bridgehead atoms. The molecule has 1 saturated heterocycles. The molecule has 1 aliphatic heterocycles. The Labute approximate surface area is 136 Å². The monoisotopic (exact) mass is 323 g/mol. The number of carbonyl (C=O) groups is 2. The first-order valence-corrected chi connectivity index (χ1v) is 8.04. The molecule has 0 unspecified atom stereocenters. The fraction of sp³-hybridized carbons (Fsp3) is 0.562. The minimum absolute atomic E-state index is 0.0846. The number of nitrogens with one attached hydrogen (secondary N) is 1.